The summed E-state index contributed by atoms with van der Waals surface area (Å²) in [5.74, 6) is 1.84. The van der Waals surface area contributed by atoms with Crippen LogP contribution in [-0.2, 0) is 11.2 Å². The number of ether oxygens (including phenoxy) is 1. The molecular weight excluding hydrogens is 404 g/mol. The van der Waals surface area contributed by atoms with Crippen molar-refractivity contribution < 1.29 is 14.1 Å². The lowest BCUT2D eigenvalue weighted by molar-refractivity contribution is -0.121. The number of hydrogen-bond acceptors (Lipinski definition) is 6. The highest BCUT2D eigenvalue weighted by Crippen LogP contribution is 2.26. The fourth-order valence-electron chi connectivity index (χ4n) is 4.03. The first-order chi connectivity index (χ1) is 15.6. The molecule has 1 atom stereocenters. The van der Waals surface area contributed by atoms with Crippen LogP contribution in [0.25, 0.3) is 11.4 Å². The van der Waals surface area contributed by atoms with Gasteiger partial charge in [0.2, 0.25) is 17.6 Å². The fourth-order valence-corrected chi connectivity index (χ4v) is 4.03. The largest absolute Gasteiger partial charge is 0.497 e. The standard InChI is InChI=1S/C25H30N4O3/c1-18-5-7-20(8-6-18)25-27-24(32-28-25)14-13-23(30)26-17-22(29-15-3-4-16-29)19-9-11-21(31-2)12-10-19/h5-12,22H,3-4,13-17H2,1-2H3,(H,26,30)/t22-/m0/s1. The van der Waals surface area contributed by atoms with Crippen molar-refractivity contribution in [1.29, 1.82) is 0 Å². The zero-order chi connectivity index (χ0) is 22.3. The summed E-state index contributed by atoms with van der Waals surface area (Å²) >= 11 is 0. The van der Waals surface area contributed by atoms with Gasteiger partial charge in [0, 0.05) is 24.9 Å². The third kappa shape index (κ3) is 5.53. The molecular formula is C25H30N4O3. The van der Waals surface area contributed by atoms with E-state index in [0.29, 0.717) is 31.1 Å². The summed E-state index contributed by atoms with van der Waals surface area (Å²) in [6.07, 6.45) is 3.12. The highest BCUT2D eigenvalue weighted by molar-refractivity contribution is 5.76. The Morgan fingerprint density at radius 2 is 1.84 bits per heavy atom. The number of hydrogen-bond donors (Lipinski definition) is 1. The van der Waals surface area contributed by atoms with E-state index in [2.05, 4.69) is 32.5 Å². The number of aromatic nitrogens is 2. The number of aryl methyl sites for hydroxylation is 2. The number of rotatable bonds is 9. The Balaban J connectivity index is 1.32. The molecule has 0 saturated carbocycles. The minimum Gasteiger partial charge on any atom is -0.497 e. The quantitative estimate of drug-likeness (QED) is 0.549. The molecule has 1 saturated heterocycles. The first-order valence-electron chi connectivity index (χ1n) is 11.2. The van der Waals surface area contributed by atoms with Crippen molar-refractivity contribution in [3.8, 4) is 17.1 Å². The maximum Gasteiger partial charge on any atom is 0.227 e. The van der Waals surface area contributed by atoms with Gasteiger partial charge in [0.15, 0.2) is 0 Å². The lowest BCUT2D eigenvalue weighted by Crippen LogP contribution is -2.36. The predicted molar refractivity (Wildman–Crippen MR) is 122 cm³/mol. The first-order valence-corrected chi connectivity index (χ1v) is 11.2. The first kappa shape index (κ1) is 22.0. The number of benzene rings is 2. The summed E-state index contributed by atoms with van der Waals surface area (Å²) in [6.45, 7) is 4.71. The molecule has 1 amide bonds. The molecule has 0 aliphatic carbocycles. The van der Waals surface area contributed by atoms with Crippen LogP contribution in [0, 0.1) is 6.92 Å². The zero-order valence-corrected chi connectivity index (χ0v) is 18.7. The van der Waals surface area contributed by atoms with Gasteiger partial charge in [0.1, 0.15) is 5.75 Å². The van der Waals surface area contributed by atoms with Crippen molar-refractivity contribution in [2.24, 2.45) is 0 Å². The number of likely N-dealkylation sites (tertiary alicyclic amines) is 1. The summed E-state index contributed by atoms with van der Waals surface area (Å²) in [5, 5.41) is 7.14. The second-order valence-corrected chi connectivity index (χ2v) is 8.21. The normalized spacial score (nSPS) is 14.9. The van der Waals surface area contributed by atoms with Gasteiger partial charge in [0.05, 0.1) is 13.2 Å². The number of carbonyl (C=O) groups is 1. The lowest BCUT2D eigenvalue weighted by atomic mass is 10.1. The molecule has 3 aromatic rings. The van der Waals surface area contributed by atoms with Gasteiger partial charge in [-0.1, -0.05) is 47.1 Å². The molecule has 1 aromatic heterocycles. The molecule has 0 bridgehead atoms. The smallest absolute Gasteiger partial charge is 0.227 e. The monoisotopic (exact) mass is 434 g/mol. The van der Waals surface area contributed by atoms with E-state index in [-0.39, 0.29) is 11.9 Å². The molecule has 4 rings (SSSR count). The van der Waals surface area contributed by atoms with E-state index in [1.165, 1.54) is 24.0 Å². The highest BCUT2D eigenvalue weighted by atomic mass is 16.5. The van der Waals surface area contributed by atoms with Crippen LogP contribution in [0.5, 0.6) is 5.75 Å². The van der Waals surface area contributed by atoms with Gasteiger partial charge >= 0.3 is 0 Å². The Morgan fingerprint density at radius 1 is 1.12 bits per heavy atom. The summed E-state index contributed by atoms with van der Waals surface area (Å²) in [5.41, 5.74) is 3.27. The Hall–Kier alpha value is -3.19. The van der Waals surface area contributed by atoms with Gasteiger partial charge in [-0.3, -0.25) is 9.69 Å². The number of carbonyl (C=O) groups excluding carboxylic acids is 1. The number of methoxy groups -OCH3 is 1. The van der Waals surface area contributed by atoms with Crippen molar-refractivity contribution in [2.75, 3.05) is 26.7 Å². The molecule has 2 heterocycles. The summed E-state index contributed by atoms with van der Waals surface area (Å²) in [4.78, 5) is 19.4. The van der Waals surface area contributed by atoms with E-state index in [9.17, 15) is 4.79 Å². The van der Waals surface area contributed by atoms with Crippen LogP contribution >= 0.6 is 0 Å². The summed E-state index contributed by atoms with van der Waals surface area (Å²) < 4.78 is 10.6. The van der Waals surface area contributed by atoms with E-state index in [1.54, 1.807) is 7.11 Å². The average molecular weight is 435 g/mol. The zero-order valence-electron chi connectivity index (χ0n) is 18.7. The maximum atomic E-state index is 12.5. The molecule has 7 heteroatoms. The second kappa shape index (κ2) is 10.4. The van der Waals surface area contributed by atoms with Crippen molar-refractivity contribution in [3.63, 3.8) is 0 Å². The summed E-state index contributed by atoms with van der Waals surface area (Å²) in [6, 6.07) is 16.2. The molecule has 7 nitrogen and oxygen atoms in total. The number of nitrogens with zero attached hydrogens (tertiary/aromatic N) is 3. The lowest BCUT2D eigenvalue weighted by Gasteiger charge is -2.28. The fraction of sp³-hybridized carbons (Fsp3) is 0.400. The van der Waals surface area contributed by atoms with Crippen LogP contribution < -0.4 is 10.1 Å². The van der Waals surface area contributed by atoms with Gasteiger partial charge in [-0.15, -0.1) is 0 Å². The second-order valence-electron chi connectivity index (χ2n) is 8.21. The third-order valence-corrected chi connectivity index (χ3v) is 5.92. The van der Waals surface area contributed by atoms with Crippen molar-refractivity contribution in [1.82, 2.24) is 20.4 Å². The topological polar surface area (TPSA) is 80.5 Å². The van der Waals surface area contributed by atoms with Crippen LogP contribution in [-0.4, -0.2) is 47.7 Å². The number of nitrogens with one attached hydrogen (secondary N) is 1. The van der Waals surface area contributed by atoms with E-state index in [1.807, 2.05) is 43.3 Å². The average Bonchev–Trinajstić information content (AvgIpc) is 3.51. The Morgan fingerprint density at radius 3 is 2.53 bits per heavy atom. The predicted octanol–water partition coefficient (Wildman–Crippen LogP) is 3.94. The molecule has 168 valence electrons. The Kier molecular flexibility index (Phi) is 7.17. The van der Waals surface area contributed by atoms with E-state index in [0.717, 1.165) is 24.4 Å². The molecule has 0 spiro atoms. The van der Waals surface area contributed by atoms with Crippen molar-refractivity contribution in [3.05, 3.63) is 65.5 Å². The Bertz CT molecular complexity index is 1010. The molecule has 2 aromatic carbocycles. The van der Waals surface area contributed by atoms with Crippen LogP contribution in [0.15, 0.2) is 53.1 Å². The van der Waals surface area contributed by atoms with Gasteiger partial charge in [-0.2, -0.15) is 4.98 Å². The Labute approximate surface area is 188 Å². The molecule has 32 heavy (non-hydrogen) atoms. The molecule has 1 fully saturated rings. The van der Waals surface area contributed by atoms with E-state index in [4.69, 9.17) is 9.26 Å². The van der Waals surface area contributed by atoms with Crippen LogP contribution in [0.4, 0.5) is 0 Å². The molecule has 1 N–H and O–H groups in total. The highest BCUT2D eigenvalue weighted by Gasteiger charge is 2.24. The van der Waals surface area contributed by atoms with Gasteiger partial charge < -0.3 is 14.6 Å². The summed E-state index contributed by atoms with van der Waals surface area (Å²) in [7, 11) is 1.67. The molecule has 0 unspecified atom stereocenters. The van der Waals surface area contributed by atoms with Gasteiger partial charge in [-0.25, -0.2) is 0 Å². The minimum absolute atomic E-state index is 0.0159. The molecule has 1 aliphatic rings. The molecule has 1 aliphatic heterocycles. The minimum atomic E-state index is -0.0159. The van der Waals surface area contributed by atoms with Gasteiger partial charge in [0.25, 0.3) is 0 Å². The SMILES string of the molecule is COc1ccc([C@H](CNC(=O)CCc2nc(-c3ccc(C)cc3)no2)N2CCCC2)cc1. The third-order valence-electron chi connectivity index (χ3n) is 5.92. The maximum absolute atomic E-state index is 12.5. The van der Waals surface area contributed by atoms with Crippen LogP contribution in [0.3, 0.4) is 0 Å². The van der Waals surface area contributed by atoms with Crippen LogP contribution in [0.1, 0.15) is 42.3 Å². The number of amides is 1. The van der Waals surface area contributed by atoms with Crippen molar-refractivity contribution in [2.45, 2.75) is 38.6 Å². The molecule has 0 radical (unpaired) electrons. The van der Waals surface area contributed by atoms with Crippen LogP contribution in [0.2, 0.25) is 0 Å². The van der Waals surface area contributed by atoms with Gasteiger partial charge in [-0.05, 0) is 50.6 Å². The van der Waals surface area contributed by atoms with E-state index < -0.39 is 0 Å². The van der Waals surface area contributed by atoms with Crippen molar-refractivity contribution >= 4 is 5.91 Å². The van der Waals surface area contributed by atoms with E-state index >= 15 is 0 Å².